The first-order chi connectivity index (χ1) is 9.09. The fourth-order valence-electron chi connectivity index (χ4n) is 3.47. The van der Waals surface area contributed by atoms with Gasteiger partial charge in [-0.3, -0.25) is 4.79 Å². The van der Waals surface area contributed by atoms with E-state index in [4.69, 9.17) is 18.0 Å². The monoisotopic (exact) mass is 274 g/mol. The van der Waals surface area contributed by atoms with Crippen LogP contribution in [0.25, 0.3) is 0 Å². The Morgan fingerprint density at radius 3 is 2.95 bits per heavy atom. The predicted molar refractivity (Wildman–Crippen MR) is 78.9 cm³/mol. The highest BCUT2D eigenvalue weighted by Crippen LogP contribution is 2.60. The highest BCUT2D eigenvalue weighted by Gasteiger charge is 2.57. The number of benzene rings is 1. The van der Waals surface area contributed by atoms with Crippen LogP contribution in [0.4, 0.5) is 0 Å². The van der Waals surface area contributed by atoms with Crippen LogP contribution in [0.2, 0.25) is 0 Å². The van der Waals surface area contributed by atoms with E-state index in [2.05, 4.69) is 24.3 Å². The van der Waals surface area contributed by atoms with E-state index >= 15 is 0 Å². The van der Waals surface area contributed by atoms with Gasteiger partial charge in [-0.05, 0) is 35.8 Å². The molecule has 3 atom stereocenters. The van der Waals surface area contributed by atoms with Crippen molar-refractivity contribution in [3.8, 4) is 0 Å². The fourth-order valence-corrected chi connectivity index (χ4v) is 3.66. The van der Waals surface area contributed by atoms with Crippen molar-refractivity contribution in [2.75, 3.05) is 13.6 Å². The number of thiocarbonyl (C=S) groups is 1. The minimum Gasteiger partial charge on any atom is -0.392 e. The smallest absolute Gasteiger partial charge is 0.226 e. The molecule has 0 aliphatic heterocycles. The van der Waals surface area contributed by atoms with Gasteiger partial charge >= 0.3 is 0 Å². The molecule has 1 amide bonds. The Kier molecular flexibility index (Phi) is 3.05. The summed E-state index contributed by atoms with van der Waals surface area (Å²) in [5.41, 5.74) is 8.30. The number of carbonyl (C=O) groups excluding carboxylic acids is 1. The molecule has 0 spiro atoms. The van der Waals surface area contributed by atoms with Gasteiger partial charge in [0, 0.05) is 13.0 Å². The molecule has 19 heavy (non-hydrogen) atoms. The Labute approximate surface area is 118 Å². The van der Waals surface area contributed by atoms with Crippen LogP contribution in [0.3, 0.4) is 0 Å². The zero-order valence-electron chi connectivity index (χ0n) is 11.0. The molecule has 0 heterocycles. The summed E-state index contributed by atoms with van der Waals surface area (Å²) in [5, 5.41) is 0. The Hall–Kier alpha value is -1.42. The normalized spacial score (nSPS) is 27.1. The van der Waals surface area contributed by atoms with Crippen molar-refractivity contribution in [1.29, 1.82) is 0 Å². The zero-order valence-corrected chi connectivity index (χ0v) is 11.8. The van der Waals surface area contributed by atoms with E-state index in [0.717, 1.165) is 12.8 Å². The van der Waals surface area contributed by atoms with Crippen LogP contribution in [-0.4, -0.2) is 29.4 Å². The van der Waals surface area contributed by atoms with Crippen LogP contribution in [0.15, 0.2) is 24.3 Å². The summed E-state index contributed by atoms with van der Waals surface area (Å²) in [7, 11) is 1.79. The van der Waals surface area contributed by atoms with Gasteiger partial charge in [0.15, 0.2) is 0 Å². The highest BCUT2D eigenvalue weighted by molar-refractivity contribution is 7.80. The maximum absolute atomic E-state index is 12.4. The van der Waals surface area contributed by atoms with Crippen molar-refractivity contribution in [3.63, 3.8) is 0 Å². The van der Waals surface area contributed by atoms with Crippen molar-refractivity contribution in [3.05, 3.63) is 35.4 Å². The molecule has 2 aliphatic rings. The SMILES string of the molecule is CN(CC(N)=S)C(=O)C1C2CCc3ccccc3C21. The number of hydrogen-bond donors (Lipinski definition) is 1. The molecule has 3 rings (SSSR count). The summed E-state index contributed by atoms with van der Waals surface area (Å²) < 4.78 is 0. The minimum atomic E-state index is 0.142. The average molecular weight is 274 g/mol. The molecule has 1 fully saturated rings. The molecule has 4 heteroatoms. The zero-order chi connectivity index (χ0) is 13.6. The quantitative estimate of drug-likeness (QED) is 0.854. The lowest BCUT2D eigenvalue weighted by molar-refractivity contribution is -0.131. The first kappa shape index (κ1) is 12.6. The molecule has 2 aliphatic carbocycles. The number of likely N-dealkylation sites (N-methyl/N-ethyl adjacent to an activating group) is 1. The Balaban J connectivity index is 1.77. The molecule has 0 aromatic heterocycles. The molecular weight excluding hydrogens is 256 g/mol. The number of nitrogens with two attached hydrogens (primary N) is 1. The molecule has 3 unspecified atom stereocenters. The molecule has 100 valence electrons. The number of nitrogens with zero attached hydrogens (tertiary/aromatic N) is 1. The van der Waals surface area contributed by atoms with E-state index in [9.17, 15) is 4.79 Å². The number of carbonyl (C=O) groups is 1. The van der Waals surface area contributed by atoms with E-state index in [-0.39, 0.29) is 11.8 Å². The van der Waals surface area contributed by atoms with Gasteiger partial charge in [-0.15, -0.1) is 0 Å². The second-order valence-corrected chi connectivity index (χ2v) is 6.14. The van der Waals surface area contributed by atoms with Gasteiger partial charge in [-0.2, -0.15) is 0 Å². The third-order valence-electron chi connectivity index (χ3n) is 4.38. The summed E-state index contributed by atoms with van der Waals surface area (Å²) in [4.78, 5) is 14.5. The van der Waals surface area contributed by atoms with Gasteiger partial charge < -0.3 is 10.6 Å². The minimum absolute atomic E-state index is 0.142. The van der Waals surface area contributed by atoms with Crippen LogP contribution in [0, 0.1) is 11.8 Å². The highest BCUT2D eigenvalue weighted by atomic mass is 32.1. The number of fused-ring (bicyclic) bond motifs is 3. The van der Waals surface area contributed by atoms with Crippen LogP contribution in [0.5, 0.6) is 0 Å². The van der Waals surface area contributed by atoms with E-state index in [1.165, 1.54) is 11.1 Å². The van der Waals surface area contributed by atoms with Crippen LogP contribution in [-0.2, 0) is 11.2 Å². The van der Waals surface area contributed by atoms with E-state index < -0.39 is 0 Å². The lowest BCUT2D eigenvalue weighted by Gasteiger charge is -2.16. The Morgan fingerprint density at radius 2 is 2.21 bits per heavy atom. The van der Waals surface area contributed by atoms with Crippen molar-refractivity contribution < 1.29 is 4.79 Å². The fraction of sp³-hybridized carbons (Fsp3) is 0.467. The Bertz CT molecular complexity index is 543. The largest absolute Gasteiger partial charge is 0.392 e. The number of rotatable bonds is 3. The molecule has 0 bridgehead atoms. The lowest BCUT2D eigenvalue weighted by atomic mass is 9.92. The first-order valence-electron chi connectivity index (χ1n) is 6.70. The maximum atomic E-state index is 12.4. The second kappa shape index (κ2) is 4.60. The van der Waals surface area contributed by atoms with Gasteiger partial charge in [0.25, 0.3) is 0 Å². The molecule has 0 radical (unpaired) electrons. The third-order valence-corrected chi connectivity index (χ3v) is 4.51. The van der Waals surface area contributed by atoms with Gasteiger partial charge in [-0.25, -0.2) is 0 Å². The number of amides is 1. The van der Waals surface area contributed by atoms with Gasteiger partial charge in [-0.1, -0.05) is 36.5 Å². The van der Waals surface area contributed by atoms with Crippen LogP contribution >= 0.6 is 12.2 Å². The van der Waals surface area contributed by atoms with E-state index in [0.29, 0.717) is 23.4 Å². The van der Waals surface area contributed by atoms with Crippen molar-refractivity contribution >= 4 is 23.1 Å². The van der Waals surface area contributed by atoms with Gasteiger partial charge in [0.05, 0.1) is 11.5 Å². The summed E-state index contributed by atoms with van der Waals surface area (Å²) in [6, 6.07) is 8.51. The molecule has 1 aromatic carbocycles. The van der Waals surface area contributed by atoms with Crippen molar-refractivity contribution in [2.45, 2.75) is 18.8 Å². The van der Waals surface area contributed by atoms with Crippen LogP contribution in [0.1, 0.15) is 23.5 Å². The third kappa shape index (κ3) is 2.14. The summed E-state index contributed by atoms with van der Waals surface area (Å²) >= 11 is 4.87. The number of hydrogen-bond acceptors (Lipinski definition) is 2. The standard InChI is InChI=1S/C15H18N2OS/c1-17(8-12(16)19)15(18)14-11-7-6-9-4-2-3-5-10(9)13(11)14/h2-5,11,13-14H,6-8H2,1H3,(H2,16,19). The molecule has 3 nitrogen and oxygen atoms in total. The second-order valence-electron chi connectivity index (χ2n) is 5.61. The van der Waals surface area contributed by atoms with E-state index in [1.807, 2.05) is 0 Å². The topological polar surface area (TPSA) is 46.3 Å². The van der Waals surface area contributed by atoms with Crippen LogP contribution < -0.4 is 5.73 Å². The molecule has 1 saturated carbocycles. The van der Waals surface area contributed by atoms with Crippen molar-refractivity contribution in [2.24, 2.45) is 17.6 Å². The van der Waals surface area contributed by atoms with E-state index in [1.54, 1.807) is 11.9 Å². The predicted octanol–water partition coefficient (Wildman–Crippen LogP) is 1.71. The maximum Gasteiger partial charge on any atom is 0.226 e. The summed E-state index contributed by atoms with van der Waals surface area (Å²) in [6.45, 7) is 0.381. The number of aryl methyl sites for hydroxylation is 1. The first-order valence-corrected chi connectivity index (χ1v) is 7.11. The van der Waals surface area contributed by atoms with Gasteiger partial charge in [0.1, 0.15) is 0 Å². The average Bonchev–Trinajstić information content (AvgIpc) is 3.11. The Morgan fingerprint density at radius 1 is 1.47 bits per heavy atom. The molecular formula is C15H18N2OS. The molecule has 1 aromatic rings. The lowest BCUT2D eigenvalue weighted by Crippen LogP contribution is -2.35. The summed E-state index contributed by atoms with van der Waals surface area (Å²) in [6.07, 6.45) is 2.22. The van der Waals surface area contributed by atoms with Crippen molar-refractivity contribution in [1.82, 2.24) is 4.90 Å². The molecule has 0 saturated heterocycles. The molecule has 2 N–H and O–H groups in total. The van der Waals surface area contributed by atoms with Gasteiger partial charge in [0.2, 0.25) is 5.91 Å². The summed E-state index contributed by atoms with van der Waals surface area (Å²) in [5.74, 6) is 1.28.